The van der Waals surface area contributed by atoms with Crippen LogP contribution in [-0.2, 0) is 16.1 Å². The number of ether oxygens (including phenoxy) is 1. The number of carbonyl (C=O) groups excluding carboxylic acids is 2. The summed E-state index contributed by atoms with van der Waals surface area (Å²) in [6.07, 6.45) is 0.505. The third-order valence-corrected chi connectivity index (χ3v) is 2.95. The lowest BCUT2D eigenvalue weighted by atomic mass is 9.99. The van der Waals surface area contributed by atoms with E-state index < -0.39 is 12.1 Å². The van der Waals surface area contributed by atoms with Crippen molar-refractivity contribution in [3.05, 3.63) is 35.9 Å². The van der Waals surface area contributed by atoms with Crippen molar-refractivity contribution >= 4 is 11.9 Å². The number of carbonyl (C=O) groups is 2. The van der Waals surface area contributed by atoms with Gasteiger partial charge in [-0.2, -0.15) is 0 Å². The van der Waals surface area contributed by atoms with Gasteiger partial charge in [0.1, 0.15) is 6.61 Å². The van der Waals surface area contributed by atoms with E-state index >= 15 is 0 Å². The molecule has 0 aromatic heterocycles. The number of hydrogen-bond acceptors (Lipinski definition) is 3. The molecule has 0 radical (unpaired) electrons. The first kappa shape index (κ1) is 16.2. The molecule has 0 aliphatic rings. The van der Waals surface area contributed by atoms with Crippen molar-refractivity contribution < 1.29 is 14.3 Å². The fraction of sp³-hybridized carbons (Fsp3) is 0.500. The van der Waals surface area contributed by atoms with E-state index in [2.05, 4.69) is 5.32 Å². The standard InChI is InChI=1S/C16H23NO3/c1-4-15(18)14(10-12(2)3)17-16(19)20-11-13-8-6-5-7-9-13/h5-9,12,14H,4,10-11H2,1-3H3,(H,17,19)/t14-/m0/s1. The zero-order valence-electron chi connectivity index (χ0n) is 12.4. The van der Waals surface area contributed by atoms with Crippen molar-refractivity contribution in [3.8, 4) is 0 Å². The van der Waals surface area contributed by atoms with Crippen LogP contribution < -0.4 is 5.32 Å². The first-order chi connectivity index (χ1) is 9.52. The largest absolute Gasteiger partial charge is 0.445 e. The van der Waals surface area contributed by atoms with E-state index in [0.717, 1.165) is 5.56 Å². The second kappa shape index (κ2) is 8.35. The molecule has 0 aliphatic heterocycles. The Kier molecular flexibility index (Phi) is 6.77. The lowest BCUT2D eigenvalue weighted by molar-refractivity contribution is -0.121. The fourth-order valence-corrected chi connectivity index (χ4v) is 1.90. The molecule has 0 saturated heterocycles. The Hall–Kier alpha value is -1.84. The van der Waals surface area contributed by atoms with Crippen LogP contribution in [0.2, 0.25) is 0 Å². The van der Waals surface area contributed by atoms with Gasteiger partial charge in [-0.3, -0.25) is 4.79 Å². The van der Waals surface area contributed by atoms with Crippen molar-refractivity contribution in [2.45, 2.75) is 46.3 Å². The van der Waals surface area contributed by atoms with Crippen molar-refractivity contribution in [2.75, 3.05) is 0 Å². The van der Waals surface area contributed by atoms with Crippen LogP contribution in [0.3, 0.4) is 0 Å². The highest BCUT2D eigenvalue weighted by Gasteiger charge is 2.20. The molecule has 1 amide bonds. The minimum Gasteiger partial charge on any atom is -0.445 e. The van der Waals surface area contributed by atoms with E-state index in [1.165, 1.54) is 0 Å². The summed E-state index contributed by atoms with van der Waals surface area (Å²) in [4.78, 5) is 23.5. The minimum absolute atomic E-state index is 0.0374. The Morgan fingerprint density at radius 2 is 1.85 bits per heavy atom. The molecule has 0 bridgehead atoms. The highest BCUT2D eigenvalue weighted by atomic mass is 16.5. The number of nitrogens with one attached hydrogen (secondary N) is 1. The number of hydrogen-bond donors (Lipinski definition) is 1. The number of amides is 1. The molecule has 4 nitrogen and oxygen atoms in total. The Bertz CT molecular complexity index is 429. The van der Waals surface area contributed by atoms with Crippen molar-refractivity contribution in [2.24, 2.45) is 5.92 Å². The van der Waals surface area contributed by atoms with Crippen molar-refractivity contribution in [3.63, 3.8) is 0 Å². The highest BCUT2D eigenvalue weighted by Crippen LogP contribution is 2.08. The zero-order valence-corrected chi connectivity index (χ0v) is 12.4. The SMILES string of the molecule is CCC(=O)[C@H](CC(C)C)NC(=O)OCc1ccccc1. The van der Waals surface area contributed by atoms with Crippen LogP contribution >= 0.6 is 0 Å². The summed E-state index contributed by atoms with van der Waals surface area (Å²) < 4.78 is 5.13. The molecule has 1 rings (SSSR count). The first-order valence-electron chi connectivity index (χ1n) is 7.02. The smallest absolute Gasteiger partial charge is 0.408 e. The number of benzene rings is 1. The average Bonchev–Trinajstić information content (AvgIpc) is 2.44. The summed E-state index contributed by atoms with van der Waals surface area (Å²) in [6.45, 7) is 6.05. The Labute approximate surface area is 120 Å². The van der Waals surface area contributed by atoms with Gasteiger partial charge in [-0.25, -0.2) is 4.79 Å². The van der Waals surface area contributed by atoms with Crippen LogP contribution in [0.5, 0.6) is 0 Å². The molecule has 0 unspecified atom stereocenters. The number of alkyl carbamates (subject to hydrolysis) is 1. The van der Waals surface area contributed by atoms with Gasteiger partial charge in [-0.1, -0.05) is 51.1 Å². The predicted molar refractivity (Wildman–Crippen MR) is 78.3 cm³/mol. The van der Waals surface area contributed by atoms with Crippen LogP contribution in [0.25, 0.3) is 0 Å². The van der Waals surface area contributed by atoms with Crippen LogP contribution in [0.15, 0.2) is 30.3 Å². The summed E-state index contributed by atoms with van der Waals surface area (Å²) >= 11 is 0. The Morgan fingerprint density at radius 3 is 2.40 bits per heavy atom. The maximum atomic E-state index is 11.8. The lowest BCUT2D eigenvalue weighted by Crippen LogP contribution is -2.41. The maximum absolute atomic E-state index is 11.8. The van der Waals surface area contributed by atoms with Crippen molar-refractivity contribution in [1.82, 2.24) is 5.32 Å². The van der Waals surface area contributed by atoms with E-state index in [9.17, 15) is 9.59 Å². The molecule has 0 saturated carbocycles. The number of rotatable bonds is 7. The summed E-state index contributed by atoms with van der Waals surface area (Å²) in [6, 6.07) is 8.99. The van der Waals surface area contributed by atoms with Gasteiger partial charge in [0.2, 0.25) is 0 Å². The molecule has 0 spiro atoms. The van der Waals surface area contributed by atoms with E-state index in [0.29, 0.717) is 18.8 Å². The van der Waals surface area contributed by atoms with Gasteiger partial charge >= 0.3 is 6.09 Å². The number of Topliss-reactive ketones (excluding diaryl/α,β-unsaturated/α-hetero) is 1. The van der Waals surface area contributed by atoms with Gasteiger partial charge in [0, 0.05) is 6.42 Å². The van der Waals surface area contributed by atoms with Crippen LogP contribution in [0.1, 0.15) is 39.2 Å². The summed E-state index contributed by atoms with van der Waals surface area (Å²) in [5.41, 5.74) is 0.921. The van der Waals surface area contributed by atoms with Gasteiger partial charge < -0.3 is 10.1 Å². The van der Waals surface area contributed by atoms with E-state index in [1.807, 2.05) is 44.2 Å². The third kappa shape index (κ3) is 5.87. The molecule has 1 aromatic carbocycles. The van der Waals surface area contributed by atoms with E-state index in [1.54, 1.807) is 6.92 Å². The summed E-state index contributed by atoms with van der Waals surface area (Å²) in [5, 5.41) is 2.66. The average molecular weight is 277 g/mol. The fourth-order valence-electron chi connectivity index (χ4n) is 1.90. The van der Waals surface area contributed by atoms with E-state index in [4.69, 9.17) is 4.74 Å². The summed E-state index contributed by atoms with van der Waals surface area (Å²) in [5.74, 6) is 0.375. The van der Waals surface area contributed by atoms with Gasteiger partial charge in [-0.05, 0) is 17.9 Å². The second-order valence-corrected chi connectivity index (χ2v) is 5.21. The molecule has 1 N–H and O–H groups in total. The second-order valence-electron chi connectivity index (χ2n) is 5.21. The lowest BCUT2D eigenvalue weighted by Gasteiger charge is -2.18. The molecule has 0 aliphatic carbocycles. The van der Waals surface area contributed by atoms with Gasteiger partial charge in [0.15, 0.2) is 5.78 Å². The molecule has 4 heteroatoms. The van der Waals surface area contributed by atoms with Gasteiger partial charge in [0.25, 0.3) is 0 Å². The van der Waals surface area contributed by atoms with Crippen LogP contribution in [0.4, 0.5) is 4.79 Å². The zero-order chi connectivity index (χ0) is 15.0. The minimum atomic E-state index is -0.540. The monoisotopic (exact) mass is 277 g/mol. The number of ketones is 1. The molecular weight excluding hydrogens is 254 g/mol. The van der Waals surface area contributed by atoms with E-state index in [-0.39, 0.29) is 12.4 Å². The molecule has 1 aromatic rings. The molecular formula is C16H23NO3. The van der Waals surface area contributed by atoms with Gasteiger partial charge in [-0.15, -0.1) is 0 Å². The quantitative estimate of drug-likeness (QED) is 0.832. The Morgan fingerprint density at radius 1 is 1.20 bits per heavy atom. The molecule has 1 atom stereocenters. The molecule has 0 fully saturated rings. The van der Waals surface area contributed by atoms with Crippen molar-refractivity contribution in [1.29, 1.82) is 0 Å². The third-order valence-electron chi connectivity index (χ3n) is 2.95. The highest BCUT2D eigenvalue weighted by molar-refractivity contribution is 5.87. The molecule has 20 heavy (non-hydrogen) atoms. The molecule has 0 heterocycles. The predicted octanol–water partition coefficient (Wildman–Crippen LogP) is 3.31. The normalized spacial score (nSPS) is 12.0. The molecule has 110 valence electrons. The first-order valence-corrected chi connectivity index (χ1v) is 7.02. The van der Waals surface area contributed by atoms with Gasteiger partial charge in [0.05, 0.1) is 6.04 Å². The maximum Gasteiger partial charge on any atom is 0.408 e. The van der Waals surface area contributed by atoms with Crippen LogP contribution in [0, 0.1) is 5.92 Å². The summed E-state index contributed by atoms with van der Waals surface area (Å²) in [7, 11) is 0. The Balaban J connectivity index is 2.47. The topological polar surface area (TPSA) is 55.4 Å². The van der Waals surface area contributed by atoms with Crippen LogP contribution in [-0.4, -0.2) is 17.9 Å².